The quantitative estimate of drug-likeness (QED) is 0.637. The minimum Gasteiger partial charge on any atom is -0.410 e. The molecule has 0 aliphatic rings. The summed E-state index contributed by atoms with van der Waals surface area (Å²) in [5.74, 6) is 0.0461. The van der Waals surface area contributed by atoms with Crippen LogP contribution in [0.5, 0.6) is 5.75 Å². The summed E-state index contributed by atoms with van der Waals surface area (Å²) in [5, 5.41) is 2.31. The average Bonchev–Trinajstić information content (AvgIpc) is 2.61. The zero-order chi connectivity index (χ0) is 17.8. The Morgan fingerprint density at radius 2 is 1.56 bits per heavy atom. The predicted molar refractivity (Wildman–Crippen MR) is 93.5 cm³/mol. The van der Waals surface area contributed by atoms with Crippen molar-refractivity contribution >= 4 is 35.0 Å². The molecule has 1 heterocycles. The van der Waals surface area contributed by atoms with Crippen LogP contribution in [0.15, 0.2) is 54.6 Å². The Morgan fingerprint density at radius 3 is 2.16 bits per heavy atom. The van der Waals surface area contributed by atoms with Crippen LogP contribution in [0.25, 0.3) is 11.4 Å². The Kier molecular flexibility index (Phi) is 5.11. The lowest BCUT2D eigenvalue weighted by molar-refractivity contribution is 0.215. The van der Waals surface area contributed by atoms with Gasteiger partial charge in [-0.05, 0) is 24.3 Å². The van der Waals surface area contributed by atoms with E-state index in [4.69, 9.17) is 27.9 Å². The fourth-order valence-electron chi connectivity index (χ4n) is 1.96. The molecule has 1 aromatic heterocycles. The van der Waals surface area contributed by atoms with Crippen molar-refractivity contribution in [3.63, 3.8) is 0 Å². The molecule has 3 aromatic rings. The van der Waals surface area contributed by atoms with Crippen LogP contribution in [-0.4, -0.2) is 16.1 Å². The monoisotopic (exact) mass is 377 g/mol. The van der Waals surface area contributed by atoms with Crippen LogP contribution in [0, 0.1) is 5.82 Å². The van der Waals surface area contributed by atoms with E-state index in [9.17, 15) is 9.18 Å². The van der Waals surface area contributed by atoms with E-state index in [1.807, 2.05) is 18.2 Å². The zero-order valence-corrected chi connectivity index (χ0v) is 14.1. The van der Waals surface area contributed by atoms with Crippen LogP contribution < -0.4 is 10.1 Å². The Hall–Kier alpha value is -2.70. The molecular weight excluding hydrogens is 368 g/mol. The molecule has 0 spiro atoms. The first kappa shape index (κ1) is 17.1. The van der Waals surface area contributed by atoms with Gasteiger partial charge in [-0.25, -0.2) is 19.2 Å². The molecule has 0 aliphatic carbocycles. The molecule has 126 valence electrons. The van der Waals surface area contributed by atoms with Gasteiger partial charge in [-0.3, -0.25) is 5.32 Å². The lowest BCUT2D eigenvalue weighted by Crippen LogP contribution is -2.18. The molecule has 8 heteroatoms. The number of hydrogen-bond donors (Lipinski definition) is 1. The highest BCUT2D eigenvalue weighted by atomic mass is 35.5. The van der Waals surface area contributed by atoms with E-state index >= 15 is 0 Å². The summed E-state index contributed by atoms with van der Waals surface area (Å²) in [6.07, 6.45) is -0.855. The average molecular weight is 378 g/mol. The lowest BCUT2D eigenvalue weighted by atomic mass is 10.2. The summed E-state index contributed by atoms with van der Waals surface area (Å²) < 4.78 is 17.9. The minimum atomic E-state index is -0.855. The van der Waals surface area contributed by atoms with Gasteiger partial charge in [0.25, 0.3) is 0 Å². The number of aromatic nitrogens is 2. The molecule has 5 nitrogen and oxygen atoms in total. The second-order valence-corrected chi connectivity index (χ2v) is 5.55. The van der Waals surface area contributed by atoms with Crippen LogP contribution in [0.1, 0.15) is 0 Å². The highest BCUT2D eigenvalue weighted by Gasteiger charge is 2.16. The molecule has 3 rings (SSSR count). The molecule has 25 heavy (non-hydrogen) atoms. The highest BCUT2D eigenvalue weighted by molar-refractivity contribution is 6.38. The smallest absolute Gasteiger partial charge is 0.410 e. The maximum atomic E-state index is 12.8. The van der Waals surface area contributed by atoms with Gasteiger partial charge in [0.15, 0.2) is 16.1 Å². The summed E-state index contributed by atoms with van der Waals surface area (Å²) in [6.45, 7) is 0. The van der Waals surface area contributed by atoms with Gasteiger partial charge in [0.2, 0.25) is 0 Å². The van der Waals surface area contributed by atoms with Gasteiger partial charge in [-0.1, -0.05) is 53.5 Å². The normalized spacial score (nSPS) is 10.4. The summed E-state index contributed by atoms with van der Waals surface area (Å²) in [4.78, 5) is 20.2. The fraction of sp³-hybridized carbons (Fsp3) is 0. The first-order valence-corrected chi connectivity index (χ1v) is 7.81. The number of nitrogens with one attached hydrogen (secondary N) is 1. The SMILES string of the molecule is O=C(Nc1c(Cl)nc(-c2ccccc2)nc1Cl)Oc1ccc(F)cc1. The third kappa shape index (κ3) is 4.23. The van der Waals surface area contributed by atoms with E-state index in [1.165, 1.54) is 24.3 Å². The molecule has 2 aromatic carbocycles. The molecule has 0 fully saturated rings. The van der Waals surface area contributed by atoms with E-state index < -0.39 is 11.9 Å². The third-order valence-corrected chi connectivity index (χ3v) is 3.65. The summed E-state index contributed by atoms with van der Waals surface area (Å²) >= 11 is 12.2. The van der Waals surface area contributed by atoms with Crippen molar-refractivity contribution in [2.45, 2.75) is 0 Å². The molecule has 0 saturated heterocycles. The third-order valence-electron chi connectivity index (χ3n) is 3.10. The number of benzene rings is 2. The number of rotatable bonds is 3. The number of halogens is 3. The Balaban J connectivity index is 1.78. The number of nitrogens with zero attached hydrogens (tertiary/aromatic N) is 2. The second-order valence-electron chi connectivity index (χ2n) is 4.84. The van der Waals surface area contributed by atoms with Crippen molar-refractivity contribution < 1.29 is 13.9 Å². The summed E-state index contributed by atoms with van der Waals surface area (Å²) in [7, 11) is 0. The van der Waals surface area contributed by atoms with Gasteiger partial charge in [-0.2, -0.15) is 0 Å². The fourth-order valence-corrected chi connectivity index (χ4v) is 2.45. The number of anilines is 1. The van der Waals surface area contributed by atoms with E-state index in [1.54, 1.807) is 12.1 Å². The molecule has 1 N–H and O–H groups in total. The zero-order valence-electron chi connectivity index (χ0n) is 12.5. The van der Waals surface area contributed by atoms with Gasteiger partial charge < -0.3 is 4.74 Å². The number of amides is 1. The van der Waals surface area contributed by atoms with Gasteiger partial charge in [0.05, 0.1) is 0 Å². The maximum absolute atomic E-state index is 12.8. The van der Waals surface area contributed by atoms with Crippen LogP contribution in [0.4, 0.5) is 14.9 Å². The van der Waals surface area contributed by atoms with E-state index in [-0.39, 0.29) is 21.7 Å². The van der Waals surface area contributed by atoms with Gasteiger partial charge in [0, 0.05) is 5.56 Å². The molecule has 0 saturated carbocycles. The Bertz CT molecular complexity index is 883. The van der Waals surface area contributed by atoms with Crippen LogP contribution in [0.3, 0.4) is 0 Å². The van der Waals surface area contributed by atoms with E-state index in [2.05, 4.69) is 15.3 Å². The molecule has 0 atom stereocenters. The van der Waals surface area contributed by atoms with E-state index in [0.717, 1.165) is 5.56 Å². The van der Waals surface area contributed by atoms with Crippen LogP contribution in [0.2, 0.25) is 10.3 Å². The lowest BCUT2D eigenvalue weighted by Gasteiger charge is -2.10. The largest absolute Gasteiger partial charge is 0.417 e. The number of carbonyl (C=O) groups is 1. The Labute approximate surface area is 152 Å². The van der Waals surface area contributed by atoms with Gasteiger partial charge in [0.1, 0.15) is 17.3 Å². The van der Waals surface area contributed by atoms with Crippen molar-refractivity contribution in [2.24, 2.45) is 0 Å². The van der Waals surface area contributed by atoms with Crippen molar-refractivity contribution in [3.05, 3.63) is 70.7 Å². The molecule has 0 unspecified atom stereocenters. The van der Waals surface area contributed by atoms with Crippen LogP contribution >= 0.6 is 23.2 Å². The molecule has 1 amide bonds. The van der Waals surface area contributed by atoms with Crippen molar-refractivity contribution in [2.75, 3.05) is 5.32 Å². The summed E-state index contributed by atoms with van der Waals surface area (Å²) in [5.41, 5.74) is 0.752. The number of hydrogen-bond acceptors (Lipinski definition) is 4. The van der Waals surface area contributed by atoms with Gasteiger partial charge in [-0.15, -0.1) is 0 Å². The van der Waals surface area contributed by atoms with Crippen molar-refractivity contribution in [1.29, 1.82) is 0 Å². The second kappa shape index (κ2) is 7.46. The van der Waals surface area contributed by atoms with E-state index in [0.29, 0.717) is 5.82 Å². The standard InChI is InChI=1S/C17H10Cl2FN3O2/c18-14-13(21-17(24)25-12-8-6-11(20)7-9-12)15(19)23-16(22-14)10-4-2-1-3-5-10/h1-9H,(H,21,24). The molecule has 0 bridgehead atoms. The number of carbonyl (C=O) groups excluding carboxylic acids is 1. The molecular formula is C17H10Cl2FN3O2. The molecule has 0 aliphatic heterocycles. The maximum Gasteiger partial charge on any atom is 0.417 e. The molecule has 0 radical (unpaired) electrons. The summed E-state index contributed by atoms with van der Waals surface area (Å²) in [6, 6.07) is 14.1. The first-order valence-electron chi connectivity index (χ1n) is 7.06. The number of ether oxygens (including phenoxy) is 1. The minimum absolute atomic E-state index is 0.0233. The first-order chi connectivity index (χ1) is 12.0. The topological polar surface area (TPSA) is 64.1 Å². The predicted octanol–water partition coefficient (Wildman–Crippen LogP) is 5.20. The van der Waals surface area contributed by atoms with Gasteiger partial charge >= 0.3 is 6.09 Å². The van der Waals surface area contributed by atoms with Crippen molar-refractivity contribution in [3.8, 4) is 17.1 Å². The Morgan fingerprint density at radius 1 is 0.960 bits per heavy atom. The van der Waals surface area contributed by atoms with Crippen LogP contribution in [-0.2, 0) is 0 Å². The highest BCUT2D eigenvalue weighted by Crippen LogP contribution is 2.30. The van der Waals surface area contributed by atoms with Crippen molar-refractivity contribution in [1.82, 2.24) is 9.97 Å².